The molecule has 156 valence electrons. The molecule has 11 heteroatoms. The third kappa shape index (κ3) is 4.74. The molecular formula is C18H21N3O5S3. The highest BCUT2D eigenvalue weighted by Gasteiger charge is 2.32. The molecule has 0 saturated carbocycles. The summed E-state index contributed by atoms with van der Waals surface area (Å²) in [5.41, 5.74) is 1.37. The summed E-state index contributed by atoms with van der Waals surface area (Å²) < 4.78 is 31.9. The van der Waals surface area contributed by atoms with Gasteiger partial charge in [-0.2, -0.15) is 0 Å². The summed E-state index contributed by atoms with van der Waals surface area (Å²) in [6, 6.07) is 8.76. The highest BCUT2D eigenvalue weighted by atomic mass is 32.3. The molecule has 8 nitrogen and oxygen atoms in total. The molecule has 1 aliphatic heterocycles. The summed E-state index contributed by atoms with van der Waals surface area (Å²) in [7, 11) is 0.889. The molecule has 1 aromatic carbocycles. The molecule has 2 aromatic rings. The molecule has 0 spiro atoms. The number of carbonyl (C=O) groups is 2. The largest absolute Gasteiger partial charge is 0.497 e. The maximum absolute atomic E-state index is 12.4. The number of thiophene rings is 1. The summed E-state index contributed by atoms with van der Waals surface area (Å²) in [5, 5.41) is 2.79. The van der Waals surface area contributed by atoms with Crippen molar-refractivity contribution >= 4 is 50.6 Å². The number of hydrogen-bond acceptors (Lipinski definition) is 7. The van der Waals surface area contributed by atoms with Gasteiger partial charge in [0, 0.05) is 20.6 Å². The second-order valence-corrected chi connectivity index (χ2v) is 11.1. The van der Waals surface area contributed by atoms with E-state index in [9.17, 15) is 18.0 Å². The number of sulfonamides is 1. The topological polar surface area (TPSA) is 96.0 Å². The van der Waals surface area contributed by atoms with Gasteiger partial charge in [0.05, 0.1) is 22.8 Å². The Balaban J connectivity index is 1.71. The molecule has 0 unspecified atom stereocenters. The van der Waals surface area contributed by atoms with Crippen molar-refractivity contribution in [1.82, 2.24) is 9.62 Å². The van der Waals surface area contributed by atoms with Crippen LogP contribution >= 0.6 is 23.1 Å². The predicted molar refractivity (Wildman–Crippen MR) is 113 cm³/mol. The number of carbonyl (C=O) groups excluding carboxylic acids is 2. The summed E-state index contributed by atoms with van der Waals surface area (Å²) in [6.07, 6.45) is 0. The van der Waals surface area contributed by atoms with Gasteiger partial charge in [-0.05, 0) is 23.8 Å². The number of nitrogens with zero attached hydrogens (tertiary/aromatic N) is 2. The molecule has 0 radical (unpaired) electrons. The van der Waals surface area contributed by atoms with Crippen molar-refractivity contribution in [2.24, 2.45) is 0 Å². The van der Waals surface area contributed by atoms with Gasteiger partial charge in [0.1, 0.15) is 16.5 Å². The van der Waals surface area contributed by atoms with Crippen LogP contribution in [0.4, 0.5) is 5.69 Å². The average Bonchev–Trinajstić information content (AvgIpc) is 3.14. The van der Waals surface area contributed by atoms with E-state index in [-0.39, 0.29) is 28.3 Å². The lowest BCUT2D eigenvalue weighted by atomic mass is 10.2. The Morgan fingerprint density at radius 3 is 2.59 bits per heavy atom. The van der Waals surface area contributed by atoms with Crippen LogP contribution in [-0.2, 0) is 26.2 Å². The maximum atomic E-state index is 12.4. The lowest BCUT2D eigenvalue weighted by Gasteiger charge is -2.25. The van der Waals surface area contributed by atoms with Crippen LogP contribution in [-0.4, -0.2) is 58.0 Å². The fourth-order valence-corrected chi connectivity index (χ4v) is 6.53. The van der Waals surface area contributed by atoms with E-state index in [2.05, 4.69) is 5.32 Å². The third-order valence-corrected chi connectivity index (χ3v) is 8.91. The van der Waals surface area contributed by atoms with E-state index >= 15 is 0 Å². The monoisotopic (exact) mass is 455 g/mol. The molecule has 0 atom stereocenters. The lowest BCUT2D eigenvalue weighted by molar-refractivity contribution is -0.123. The highest BCUT2D eigenvalue weighted by molar-refractivity contribution is 8.02. The third-order valence-electron chi connectivity index (χ3n) is 4.26. The van der Waals surface area contributed by atoms with E-state index in [4.69, 9.17) is 4.74 Å². The Morgan fingerprint density at radius 2 is 1.97 bits per heavy atom. The number of thioether (sulfide) groups is 1. The van der Waals surface area contributed by atoms with Crippen molar-refractivity contribution in [3.63, 3.8) is 0 Å². The number of amides is 2. The minimum atomic E-state index is -3.60. The normalized spacial score (nSPS) is 14.1. The Kier molecular flexibility index (Phi) is 6.52. The Bertz CT molecular complexity index is 1020. The minimum absolute atomic E-state index is 0.151. The first kappa shape index (κ1) is 21.6. The maximum Gasteiger partial charge on any atom is 0.252 e. The van der Waals surface area contributed by atoms with Crippen molar-refractivity contribution in [2.75, 3.05) is 38.4 Å². The van der Waals surface area contributed by atoms with E-state index in [1.165, 1.54) is 36.8 Å². The van der Waals surface area contributed by atoms with Gasteiger partial charge in [-0.25, -0.2) is 12.7 Å². The molecule has 29 heavy (non-hydrogen) atoms. The number of fused-ring (bicyclic) bond motifs is 1. The number of methoxy groups -OCH3 is 1. The molecular weight excluding hydrogens is 434 g/mol. The van der Waals surface area contributed by atoms with Crippen molar-refractivity contribution in [2.45, 2.75) is 15.0 Å². The first-order valence-electron chi connectivity index (χ1n) is 8.61. The van der Waals surface area contributed by atoms with Gasteiger partial charge < -0.3 is 15.0 Å². The van der Waals surface area contributed by atoms with Crippen LogP contribution in [0, 0.1) is 0 Å². The zero-order valence-corrected chi connectivity index (χ0v) is 18.6. The van der Waals surface area contributed by atoms with Crippen LogP contribution in [0.3, 0.4) is 0 Å². The molecule has 0 aliphatic carbocycles. The molecule has 2 heterocycles. The van der Waals surface area contributed by atoms with Crippen LogP contribution < -0.4 is 15.0 Å². The highest BCUT2D eigenvalue weighted by Crippen LogP contribution is 2.43. The standard InChI is InChI=1S/C18H21N3O5S3/c1-20(2)29(24,25)17-8-14-18(28-17)27-11-16(23)21(14)10-15(22)19-9-12-4-6-13(26-3)7-5-12/h4-8H,9-11H2,1-3H3,(H,19,22). The molecule has 3 rings (SSSR count). The fraction of sp³-hybridized carbons (Fsp3) is 0.333. The van der Waals surface area contributed by atoms with Gasteiger partial charge in [0.25, 0.3) is 10.0 Å². The zero-order valence-electron chi connectivity index (χ0n) is 16.2. The predicted octanol–water partition coefficient (Wildman–Crippen LogP) is 1.76. The van der Waals surface area contributed by atoms with Crippen LogP contribution in [0.25, 0.3) is 0 Å². The summed E-state index contributed by atoms with van der Waals surface area (Å²) in [4.78, 5) is 26.1. The molecule has 0 saturated heterocycles. The molecule has 0 fully saturated rings. The van der Waals surface area contributed by atoms with Crippen molar-refractivity contribution in [3.05, 3.63) is 35.9 Å². The van der Waals surface area contributed by atoms with Crippen LogP contribution in [0.1, 0.15) is 5.56 Å². The fourth-order valence-electron chi connectivity index (χ4n) is 2.60. The zero-order chi connectivity index (χ0) is 21.2. The Morgan fingerprint density at radius 1 is 1.28 bits per heavy atom. The number of ether oxygens (including phenoxy) is 1. The van der Waals surface area contributed by atoms with Gasteiger partial charge >= 0.3 is 0 Å². The van der Waals surface area contributed by atoms with Gasteiger partial charge in [-0.15, -0.1) is 23.1 Å². The summed E-state index contributed by atoms with van der Waals surface area (Å²) in [6.45, 7) is 0.150. The van der Waals surface area contributed by atoms with E-state index in [0.29, 0.717) is 16.4 Å². The molecule has 1 aromatic heterocycles. The number of anilines is 1. The number of benzene rings is 1. The van der Waals surface area contributed by atoms with Crippen LogP contribution in [0.2, 0.25) is 0 Å². The number of rotatable bonds is 7. The summed E-state index contributed by atoms with van der Waals surface area (Å²) >= 11 is 2.40. The summed E-state index contributed by atoms with van der Waals surface area (Å²) in [5.74, 6) is 0.342. The molecule has 1 aliphatic rings. The van der Waals surface area contributed by atoms with Crippen molar-refractivity contribution < 1.29 is 22.7 Å². The lowest BCUT2D eigenvalue weighted by Crippen LogP contribution is -2.42. The second kappa shape index (κ2) is 8.74. The van der Waals surface area contributed by atoms with Gasteiger partial charge in [-0.1, -0.05) is 12.1 Å². The van der Waals surface area contributed by atoms with Crippen molar-refractivity contribution in [3.8, 4) is 5.75 Å². The smallest absolute Gasteiger partial charge is 0.252 e. The second-order valence-electron chi connectivity index (χ2n) is 6.42. The van der Waals surface area contributed by atoms with E-state index < -0.39 is 10.0 Å². The average molecular weight is 456 g/mol. The molecule has 1 N–H and O–H groups in total. The molecule has 0 bridgehead atoms. The van der Waals surface area contributed by atoms with Crippen LogP contribution in [0.5, 0.6) is 5.75 Å². The number of hydrogen-bond donors (Lipinski definition) is 1. The van der Waals surface area contributed by atoms with E-state index in [0.717, 1.165) is 27.0 Å². The van der Waals surface area contributed by atoms with Gasteiger partial charge in [-0.3, -0.25) is 9.59 Å². The Hall–Kier alpha value is -2.08. The van der Waals surface area contributed by atoms with Gasteiger partial charge in [0.15, 0.2) is 0 Å². The quantitative estimate of drug-likeness (QED) is 0.684. The molecule has 2 amide bonds. The van der Waals surface area contributed by atoms with Crippen molar-refractivity contribution in [1.29, 1.82) is 0 Å². The van der Waals surface area contributed by atoms with E-state index in [1.807, 2.05) is 12.1 Å². The van der Waals surface area contributed by atoms with E-state index in [1.54, 1.807) is 19.2 Å². The Labute approximate surface area is 177 Å². The first-order valence-corrected chi connectivity index (χ1v) is 11.9. The SMILES string of the molecule is COc1ccc(CNC(=O)CN2C(=O)CSc3sc(S(=O)(=O)N(C)C)cc32)cc1. The minimum Gasteiger partial charge on any atom is -0.497 e. The van der Waals surface area contributed by atoms with Gasteiger partial charge in [0.2, 0.25) is 11.8 Å². The first-order chi connectivity index (χ1) is 13.7. The number of nitrogens with one attached hydrogen (secondary N) is 1. The van der Waals surface area contributed by atoms with Crippen LogP contribution in [0.15, 0.2) is 38.8 Å².